The summed E-state index contributed by atoms with van der Waals surface area (Å²) >= 11 is 0. The largest absolute Gasteiger partial charge is 0.500 e. The summed E-state index contributed by atoms with van der Waals surface area (Å²) in [5, 5.41) is 0. The Labute approximate surface area is 108 Å². The predicted octanol–water partition coefficient (Wildman–Crippen LogP) is 3.10. The molecule has 0 saturated carbocycles. The average molecular weight is 248 g/mol. The van der Waals surface area contributed by atoms with Gasteiger partial charge in [0.25, 0.3) is 0 Å². The van der Waals surface area contributed by atoms with Crippen molar-refractivity contribution in [1.82, 2.24) is 0 Å². The van der Waals surface area contributed by atoms with Crippen molar-refractivity contribution in [3.8, 4) is 0 Å². The van der Waals surface area contributed by atoms with Crippen LogP contribution in [0.5, 0.6) is 0 Å². The Bertz CT molecular complexity index is 353. The van der Waals surface area contributed by atoms with E-state index in [0.717, 1.165) is 38.5 Å². The highest BCUT2D eigenvalue weighted by Gasteiger charge is 2.22. The van der Waals surface area contributed by atoms with Crippen LogP contribution in [0.15, 0.2) is 23.5 Å². The van der Waals surface area contributed by atoms with Crippen molar-refractivity contribution in [2.45, 2.75) is 51.4 Å². The minimum Gasteiger partial charge on any atom is -0.500 e. The van der Waals surface area contributed by atoms with Gasteiger partial charge in [-0.05, 0) is 32.1 Å². The van der Waals surface area contributed by atoms with Gasteiger partial charge in [-0.3, -0.25) is 9.59 Å². The molecule has 0 atom stereocenters. The summed E-state index contributed by atoms with van der Waals surface area (Å²) < 4.78 is 5.36. The normalized spacial score (nSPS) is 28.7. The summed E-state index contributed by atoms with van der Waals surface area (Å²) in [7, 11) is 0. The third-order valence-corrected chi connectivity index (χ3v) is 3.46. The zero-order valence-corrected chi connectivity index (χ0v) is 10.7. The van der Waals surface area contributed by atoms with Gasteiger partial charge in [0.05, 0.1) is 18.4 Å². The highest BCUT2D eigenvalue weighted by Crippen LogP contribution is 2.23. The summed E-state index contributed by atoms with van der Waals surface area (Å²) in [6.45, 7) is 0.637. The molecule has 1 aliphatic carbocycles. The lowest BCUT2D eigenvalue weighted by atomic mass is 9.90. The molecule has 0 amide bonds. The van der Waals surface area contributed by atoms with Crippen LogP contribution in [0.25, 0.3) is 0 Å². The number of ketones is 2. The van der Waals surface area contributed by atoms with Gasteiger partial charge >= 0.3 is 0 Å². The molecule has 0 saturated heterocycles. The maximum absolute atomic E-state index is 12.1. The second-order valence-corrected chi connectivity index (χ2v) is 4.92. The molecule has 0 aromatic rings. The van der Waals surface area contributed by atoms with Crippen LogP contribution in [0.1, 0.15) is 51.4 Å². The van der Waals surface area contributed by atoms with Crippen molar-refractivity contribution in [2.24, 2.45) is 0 Å². The van der Waals surface area contributed by atoms with Crippen LogP contribution in [0.2, 0.25) is 0 Å². The molecule has 18 heavy (non-hydrogen) atoms. The lowest BCUT2D eigenvalue weighted by molar-refractivity contribution is -0.118. The Morgan fingerprint density at radius 2 is 1.56 bits per heavy atom. The van der Waals surface area contributed by atoms with Crippen LogP contribution in [-0.4, -0.2) is 18.2 Å². The number of Topliss-reactive ketones (excluding diaryl/α,β-unsaturated/α-hetero) is 2. The molecule has 0 unspecified atom stereocenters. The van der Waals surface area contributed by atoms with Crippen molar-refractivity contribution in [3.63, 3.8) is 0 Å². The Balaban J connectivity index is 2.24. The Morgan fingerprint density at radius 1 is 0.833 bits per heavy atom. The molecule has 0 N–H and O–H groups in total. The van der Waals surface area contributed by atoms with E-state index in [1.165, 1.54) is 6.26 Å². The minimum absolute atomic E-state index is 0.0508. The second-order valence-electron chi connectivity index (χ2n) is 4.92. The quantitative estimate of drug-likeness (QED) is 0.716. The zero-order valence-electron chi connectivity index (χ0n) is 10.7. The van der Waals surface area contributed by atoms with E-state index in [1.807, 2.05) is 6.08 Å². The number of allylic oxidation sites excluding steroid dienone is 3. The molecule has 0 spiro atoms. The van der Waals surface area contributed by atoms with E-state index in [2.05, 4.69) is 0 Å². The van der Waals surface area contributed by atoms with E-state index in [-0.39, 0.29) is 11.6 Å². The number of rotatable bonds is 1. The molecule has 2 rings (SSSR count). The smallest absolute Gasteiger partial charge is 0.166 e. The summed E-state index contributed by atoms with van der Waals surface area (Å²) in [4.78, 5) is 24.2. The topological polar surface area (TPSA) is 43.4 Å². The maximum atomic E-state index is 12.1. The molecule has 0 radical (unpaired) electrons. The van der Waals surface area contributed by atoms with Crippen molar-refractivity contribution in [3.05, 3.63) is 23.5 Å². The lowest BCUT2D eigenvalue weighted by Gasteiger charge is -2.15. The molecule has 2 aliphatic rings. The van der Waals surface area contributed by atoms with Gasteiger partial charge < -0.3 is 4.74 Å². The number of carbonyl (C=O) groups is 2. The van der Waals surface area contributed by atoms with Crippen LogP contribution in [-0.2, 0) is 14.3 Å². The summed E-state index contributed by atoms with van der Waals surface area (Å²) in [6, 6.07) is 0. The van der Waals surface area contributed by atoms with Gasteiger partial charge in [0.2, 0.25) is 0 Å². The van der Waals surface area contributed by atoms with Gasteiger partial charge in [0.1, 0.15) is 0 Å². The van der Waals surface area contributed by atoms with E-state index < -0.39 is 0 Å². The van der Waals surface area contributed by atoms with E-state index >= 15 is 0 Å². The number of carbonyl (C=O) groups excluding carboxylic acids is 2. The molecule has 0 fully saturated rings. The van der Waals surface area contributed by atoms with E-state index in [1.54, 1.807) is 0 Å². The molecule has 1 aliphatic heterocycles. The average Bonchev–Trinajstić information content (AvgIpc) is 2.32. The molecular formula is C15H20O3. The zero-order chi connectivity index (χ0) is 12.8. The van der Waals surface area contributed by atoms with Gasteiger partial charge in [0, 0.05) is 18.4 Å². The van der Waals surface area contributed by atoms with Crippen LogP contribution < -0.4 is 0 Å². The summed E-state index contributed by atoms with van der Waals surface area (Å²) in [6.07, 6.45) is 10.3. The standard InChI is InChI=1S/C15H20O3/c16-14-8-4-2-1-3-7-12(14)13-11-18-10-6-5-9-15(13)17/h7,11H,1-6,8-10H2/b12-7-,13-11-. The first kappa shape index (κ1) is 13.1. The fourth-order valence-corrected chi connectivity index (χ4v) is 2.39. The lowest BCUT2D eigenvalue weighted by Crippen LogP contribution is -2.15. The highest BCUT2D eigenvalue weighted by atomic mass is 16.5. The van der Waals surface area contributed by atoms with Crippen molar-refractivity contribution >= 4 is 11.6 Å². The first-order valence-electron chi connectivity index (χ1n) is 6.88. The van der Waals surface area contributed by atoms with Crippen LogP contribution in [0, 0.1) is 0 Å². The fraction of sp³-hybridized carbons (Fsp3) is 0.600. The third kappa shape index (κ3) is 3.31. The van der Waals surface area contributed by atoms with E-state index in [9.17, 15) is 9.59 Å². The molecule has 3 heteroatoms. The molecule has 0 aromatic heterocycles. The summed E-state index contributed by atoms with van der Waals surface area (Å²) in [5.41, 5.74) is 1.10. The molecule has 0 aromatic carbocycles. The van der Waals surface area contributed by atoms with Gasteiger partial charge in [-0.15, -0.1) is 0 Å². The first-order valence-corrected chi connectivity index (χ1v) is 6.88. The van der Waals surface area contributed by atoms with Crippen molar-refractivity contribution < 1.29 is 14.3 Å². The van der Waals surface area contributed by atoms with Gasteiger partial charge in [-0.2, -0.15) is 0 Å². The van der Waals surface area contributed by atoms with Gasteiger partial charge in [-0.25, -0.2) is 0 Å². The van der Waals surface area contributed by atoms with Gasteiger partial charge in [-0.1, -0.05) is 12.5 Å². The molecule has 98 valence electrons. The highest BCUT2D eigenvalue weighted by molar-refractivity contribution is 6.12. The third-order valence-electron chi connectivity index (χ3n) is 3.46. The molecular weight excluding hydrogens is 228 g/mol. The predicted molar refractivity (Wildman–Crippen MR) is 69.1 cm³/mol. The number of ether oxygens (including phenoxy) is 1. The second kappa shape index (κ2) is 6.53. The van der Waals surface area contributed by atoms with Crippen LogP contribution >= 0.6 is 0 Å². The molecule has 1 heterocycles. The first-order chi connectivity index (χ1) is 8.79. The van der Waals surface area contributed by atoms with E-state index in [0.29, 0.717) is 30.6 Å². The van der Waals surface area contributed by atoms with Crippen molar-refractivity contribution in [1.29, 1.82) is 0 Å². The SMILES string of the molecule is O=C1CCCCC/C=C1/C1=C/OCCCCC1=O. The number of hydrogen-bond donors (Lipinski definition) is 0. The number of hydrogen-bond acceptors (Lipinski definition) is 3. The Kier molecular flexibility index (Phi) is 4.73. The maximum Gasteiger partial charge on any atom is 0.166 e. The van der Waals surface area contributed by atoms with Crippen LogP contribution in [0.4, 0.5) is 0 Å². The van der Waals surface area contributed by atoms with Crippen LogP contribution in [0.3, 0.4) is 0 Å². The molecule has 0 bridgehead atoms. The monoisotopic (exact) mass is 248 g/mol. The van der Waals surface area contributed by atoms with Gasteiger partial charge in [0.15, 0.2) is 11.6 Å². The van der Waals surface area contributed by atoms with Crippen molar-refractivity contribution in [2.75, 3.05) is 6.61 Å². The van der Waals surface area contributed by atoms with E-state index in [4.69, 9.17) is 4.74 Å². The fourth-order valence-electron chi connectivity index (χ4n) is 2.39. The Morgan fingerprint density at radius 3 is 2.39 bits per heavy atom. The minimum atomic E-state index is 0.0508. The Hall–Kier alpha value is -1.38. The summed E-state index contributed by atoms with van der Waals surface area (Å²) in [5.74, 6) is 0.147. The molecule has 3 nitrogen and oxygen atoms in total.